The van der Waals surface area contributed by atoms with Crippen molar-refractivity contribution < 1.29 is 45.0 Å². The van der Waals surface area contributed by atoms with E-state index in [1.807, 2.05) is 0 Å². The van der Waals surface area contributed by atoms with Crippen LogP contribution in [0.4, 0.5) is 36.4 Å². The van der Waals surface area contributed by atoms with E-state index in [-0.39, 0.29) is 33.5 Å². The number of amides is 1. The maximum Gasteiger partial charge on any atom is 0.420 e. The zero-order valence-corrected chi connectivity index (χ0v) is 21.2. The Hall–Kier alpha value is -4.53. The Morgan fingerprint density at radius 3 is 1.95 bits per heavy atom. The van der Waals surface area contributed by atoms with E-state index >= 15 is 0 Å². The van der Waals surface area contributed by atoms with Crippen molar-refractivity contribution in [3.63, 3.8) is 0 Å². The predicted molar refractivity (Wildman–Crippen MR) is 132 cm³/mol. The molecule has 0 fully saturated rings. The number of nitrogens with one attached hydrogen (secondary N) is 1. The number of hydrogen-bond donors (Lipinski definition) is 1. The highest BCUT2D eigenvalue weighted by molar-refractivity contribution is 6.29. The van der Waals surface area contributed by atoms with Crippen LogP contribution in [0, 0.1) is 0 Å². The summed E-state index contributed by atoms with van der Waals surface area (Å²) in [6.07, 6.45) is -4.96. The highest BCUT2D eigenvalue weighted by Crippen LogP contribution is 2.35. The Labute approximate surface area is 230 Å². The molecule has 1 amide bonds. The summed E-state index contributed by atoms with van der Waals surface area (Å²) in [5, 5.41) is 1.96. The fraction of sp³-hybridized carbons (Fsp3) is 0.160. The monoisotopic (exact) mass is 604 g/mol. The summed E-state index contributed by atoms with van der Waals surface area (Å²) in [6.45, 7) is -6.24. The van der Waals surface area contributed by atoms with Crippen LogP contribution in [0.15, 0.2) is 65.5 Å². The van der Waals surface area contributed by atoms with E-state index < -0.39 is 47.9 Å². The molecule has 0 unspecified atom stereocenters. The van der Waals surface area contributed by atoms with Crippen molar-refractivity contribution >= 4 is 23.2 Å². The number of aromatic nitrogens is 3. The van der Waals surface area contributed by atoms with E-state index in [4.69, 9.17) is 11.6 Å². The first-order valence-corrected chi connectivity index (χ1v) is 11.6. The number of nitrogens with zero attached hydrogens (tertiary/aromatic N) is 3. The van der Waals surface area contributed by atoms with Gasteiger partial charge < -0.3 is 14.8 Å². The molecule has 8 nitrogen and oxygen atoms in total. The van der Waals surface area contributed by atoms with E-state index in [0.29, 0.717) is 10.7 Å². The van der Waals surface area contributed by atoms with E-state index in [1.54, 1.807) is 0 Å². The molecule has 0 bridgehead atoms. The smallest absolute Gasteiger partial charge is 0.420 e. The van der Waals surface area contributed by atoms with Gasteiger partial charge in [0.2, 0.25) is 0 Å². The number of alkyl halides is 7. The van der Waals surface area contributed by atoms with Gasteiger partial charge in [0.1, 0.15) is 27.9 Å². The second-order valence-corrected chi connectivity index (χ2v) is 8.51. The molecule has 1 N–H and O–H groups in total. The van der Waals surface area contributed by atoms with Crippen LogP contribution in [-0.4, -0.2) is 33.5 Å². The molecule has 0 aliphatic rings. The molecule has 2 aromatic heterocycles. The number of anilines is 1. The molecule has 0 spiro atoms. The number of carbonyl (C=O) groups is 1. The van der Waals surface area contributed by atoms with Crippen LogP contribution in [0.1, 0.15) is 15.9 Å². The van der Waals surface area contributed by atoms with Crippen molar-refractivity contribution in [2.24, 2.45) is 7.05 Å². The maximum atomic E-state index is 13.8. The molecule has 0 saturated heterocycles. The number of carbonyl (C=O) groups excluding carboxylic acids is 1. The molecule has 16 heteroatoms. The molecule has 0 saturated carbocycles. The molecule has 4 aromatic rings. The molecule has 0 aliphatic carbocycles. The second-order valence-electron chi connectivity index (χ2n) is 8.13. The van der Waals surface area contributed by atoms with E-state index in [9.17, 15) is 40.3 Å². The highest BCUT2D eigenvalue weighted by atomic mass is 35.5. The summed E-state index contributed by atoms with van der Waals surface area (Å²) in [7, 11) is 1.20. The van der Waals surface area contributed by atoms with Crippen molar-refractivity contribution in [2.45, 2.75) is 19.4 Å². The molecule has 2 aromatic carbocycles. The summed E-state index contributed by atoms with van der Waals surface area (Å²) < 4.78 is 102. The van der Waals surface area contributed by atoms with Gasteiger partial charge in [-0.2, -0.15) is 35.4 Å². The van der Waals surface area contributed by atoms with Gasteiger partial charge >= 0.3 is 19.4 Å². The van der Waals surface area contributed by atoms with Gasteiger partial charge in [-0.3, -0.25) is 14.3 Å². The van der Waals surface area contributed by atoms with Gasteiger partial charge in [-0.1, -0.05) is 11.6 Å². The lowest BCUT2D eigenvalue weighted by Crippen LogP contribution is -2.26. The highest BCUT2D eigenvalue weighted by Gasteiger charge is 2.37. The molecule has 41 heavy (non-hydrogen) atoms. The molecular weight excluding hydrogens is 589 g/mol. The quantitative estimate of drug-likeness (QED) is 0.187. The minimum Gasteiger partial charge on any atom is -0.435 e. The number of ether oxygens (including phenoxy) is 2. The van der Waals surface area contributed by atoms with Crippen molar-refractivity contribution in [1.82, 2.24) is 14.3 Å². The van der Waals surface area contributed by atoms with E-state index in [1.165, 1.54) is 19.2 Å². The Morgan fingerprint density at radius 1 is 0.902 bits per heavy atom. The average Bonchev–Trinajstić information content (AvgIpc) is 3.12. The van der Waals surface area contributed by atoms with Crippen LogP contribution in [0.5, 0.6) is 11.5 Å². The lowest BCUT2D eigenvalue weighted by molar-refractivity contribution is -0.137. The van der Waals surface area contributed by atoms with Crippen molar-refractivity contribution in [3.8, 4) is 28.6 Å². The number of hydrogen-bond acceptors (Lipinski definition) is 5. The third kappa shape index (κ3) is 6.45. The van der Waals surface area contributed by atoms with Crippen LogP contribution in [0.2, 0.25) is 5.15 Å². The molecule has 0 radical (unpaired) electrons. The van der Waals surface area contributed by atoms with Crippen LogP contribution in [0.3, 0.4) is 0 Å². The largest absolute Gasteiger partial charge is 0.435 e. The number of rotatable bonds is 8. The minimum absolute atomic E-state index is 0.108. The van der Waals surface area contributed by atoms with Crippen LogP contribution in [-0.2, 0) is 13.2 Å². The van der Waals surface area contributed by atoms with Gasteiger partial charge in [0, 0.05) is 18.2 Å². The first-order valence-electron chi connectivity index (χ1n) is 11.2. The summed E-state index contributed by atoms with van der Waals surface area (Å²) in [6, 6.07) is 10.6. The lowest BCUT2D eigenvalue weighted by Gasteiger charge is -2.15. The summed E-state index contributed by atoms with van der Waals surface area (Å²) in [4.78, 5) is 30.3. The van der Waals surface area contributed by atoms with E-state index in [0.717, 1.165) is 47.1 Å². The summed E-state index contributed by atoms with van der Waals surface area (Å²) in [5.41, 5.74) is -3.13. The Balaban J connectivity index is 1.87. The van der Waals surface area contributed by atoms with Crippen molar-refractivity contribution in [1.29, 1.82) is 0 Å². The van der Waals surface area contributed by atoms with Crippen LogP contribution < -0.4 is 20.3 Å². The predicted octanol–water partition coefficient (Wildman–Crippen LogP) is 6.37. The SMILES string of the molecule is Cn1c(-c2ccc(OC(F)F)cc2)c(NC(=O)c2ccc(OC(F)F)cc2)c(=O)n1-c1nc(Cl)ccc1C(F)(F)F. The van der Waals surface area contributed by atoms with Crippen LogP contribution >= 0.6 is 11.6 Å². The lowest BCUT2D eigenvalue weighted by atomic mass is 10.1. The molecular formula is C25H16ClF7N4O4. The van der Waals surface area contributed by atoms with Gasteiger partial charge in [0.05, 0.1) is 5.69 Å². The fourth-order valence-electron chi connectivity index (χ4n) is 3.86. The van der Waals surface area contributed by atoms with Crippen molar-refractivity contribution in [3.05, 3.63) is 87.3 Å². The topological polar surface area (TPSA) is 87.4 Å². The third-order valence-electron chi connectivity index (χ3n) is 5.55. The number of halogens is 8. The zero-order chi connectivity index (χ0) is 30.1. The van der Waals surface area contributed by atoms with Gasteiger partial charge in [0.15, 0.2) is 5.82 Å². The number of benzene rings is 2. The first-order chi connectivity index (χ1) is 19.3. The molecule has 0 aliphatic heterocycles. The minimum atomic E-state index is -4.96. The Kier molecular flexibility index (Phi) is 8.28. The van der Waals surface area contributed by atoms with Gasteiger partial charge in [-0.05, 0) is 60.7 Å². The molecule has 2 heterocycles. The second kappa shape index (κ2) is 11.5. The Bertz CT molecular complexity index is 1620. The average molecular weight is 605 g/mol. The first kappa shape index (κ1) is 29.5. The normalized spacial score (nSPS) is 11.7. The standard InChI is InChI=1S/C25H16ClF7N4O4/c1-36-19(12-2-6-14(7-3-12)40-23(27)28)18(35-21(38)13-4-8-15(9-5-13)41-24(29)30)22(39)37(36)20-16(25(31,32)33)10-11-17(26)34-20/h2-11,23-24H,1H3,(H,35,38). The van der Waals surface area contributed by atoms with Gasteiger partial charge in [-0.25, -0.2) is 4.98 Å². The van der Waals surface area contributed by atoms with Crippen molar-refractivity contribution in [2.75, 3.05) is 5.32 Å². The zero-order valence-electron chi connectivity index (χ0n) is 20.4. The fourth-order valence-corrected chi connectivity index (χ4v) is 4.01. The number of pyridine rings is 1. The molecule has 216 valence electrons. The molecule has 4 rings (SSSR count). The molecule has 0 atom stereocenters. The Morgan fingerprint density at radius 2 is 1.44 bits per heavy atom. The third-order valence-corrected chi connectivity index (χ3v) is 5.76. The summed E-state index contributed by atoms with van der Waals surface area (Å²) in [5.74, 6) is -2.33. The van der Waals surface area contributed by atoms with Gasteiger partial charge in [0.25, 0.3) is 11.5 Å². The van der Waals surface area contributed by atoms with E-state index in [2.05, 4.69) is 19.8 Å². The van der Waals surface area contributed by atoms with Crippen LogP contribution in [0.25, 0.3) is 17.1 Å². The maximum absolute atomic E-state index is 13.8. The van der Waals surface area contributed by atoms with Gasteiger partial charge in [-0.15, -0.1) is 0 Å². The summed E-state index contributed by atoms with van der Waals surface area (Å²) >= 11 is 5.85.